The standard InChI is InChI=1S/C14H13ClF3NS/c1-8-6-11(20-13(8)15)12(19-2)9-4-3-5-10(7-9)14(16,17)18/h3-7,12,19H,1-2H3. The molecule has 1 unspecified atom stereocenters. The van der Waals surface area contributed by atoms with Crippen LogP contribution in [0.1, 0.15) is 27.6 Å². The number of halogens is 4. The molecule has 1 atom stereocenters. The Balaban J connectivity index is 2.42. The fourth-order valence-corrected chi connectivity index (χ4v) is 3.35. The Bertz CT molecular complexity index is 587. The normalized spacial score (nSPS) is 13.5. The Morgan fingerprint density at radius 2 is 1.95 bits per heavy atom. The summed E-state index contributed by atoms with van der Waals surface area (Å²) in [5.41, 5.74) is 0.855. The molecule has 20 heavy (non-hydrogen) atoms. The average molecular weight is 320 g/mol. The third kappa shape index (κ3) is 3.16. The predicted octanol–water partition coefficient (Wildman–Crippen LogP) is 5.04. The highest BCUT2D eigenvalue weighted by Crippen LogP contribution is 2.36. The van der Waals surface area contributed by atoms with E-state index in [0.29, 0.717) is 9.90 Å². The van der Waals surface area contributed by atoms with Gasteiger partial charge in [0.2, 0.25) is 0 Å². The van der Waals surface area contributed by atoms with Crippen LogP contribution < -0.4 is 5.32 Å². The van der Waals surface area contributed by atoms with Crippen molar-refractivity contribution >= 4 is 22.9 Å². The average Bonchev–Trinajstić information content (AvgIpc) is 2.69. The molecule has 108 valence electrons. The highest BCUT2D eigenvalue weighted by Gasteiger charge is 2.31. The summed E-state index contributed by atoms with van der Waals surface area (Å²) in [5.74, 6) is 0. The van der Waals surface area contributed by atoms with Crippen LogP contribution in [0.2, 0.25) is 4.34 Å². The fraction of sp³-hybridized carbons (Fsp3) is 0.286. The highest BCUT2D eigenvalue weighted by atomic mass is 35.5. The van der Waals surface area contributed by atoms with Crippen LogP contribution in [-0.4, -0.2) is 7.05 Å². The second-order valence-corrected chi connectivity index (χ2v) is 6.14. The summed E-state index contributed by atoms with van der Waals surface area (Å²) in [5, 5.41) is 3.04. The van der Waals surface area contributed by atoms with Gasteiger partial charge in [0.15, 0.2) is 0 Å². The Morgan fingerprint density at radius 3 is 2.45 bits per heavy atom. The minimum Gasteiger partial charge on any atom is -0.309 e. The first kappa shape index (κ1) is 15.4. The van der Waals surface area contributed by atoms with Crippen molar-refractivity contribution in [3.8, 4) is 0 Å². The maximum atomic E-state index is 12.8. The molecule has 0 aliphatic rings. The molecule has 2 rings (SSSR count). The lowest BCUT2D eigenvalue weighted by molar-refractivity contribution is -0.137. The van der Waals surface area contributed by atoms with Crippen LogP contribution in [0.25, 0.3) is 0 Å². The van der Waals surface area contributed by atoms with Crippen molar-refractivity contribution in [3.05, 3.63) is 56.2 Å². The van der Waals surface area contributed by atoms with E-state index < -0.39 is 11.7 Å². The van der Waals surface area contributed by atoms with Gasteiger partial charge in [0, 0.05) is 4.88 Å². The van der Waals surface area contributed by atoms with Gasteiger partial charge < -0.3 is 5.32 Å². The molecule has 0 amide bonds. The summed E-state index contributed by atoms with van der Waals surface area (Å²) in [4.78, 5) is 0.898. The molecular formula is C14H13ClF3NS. The van der Waals surface area contributed by atoms with Gasteiger partial charge in [-0.05, 0) is 43.3 Å². The van der Waals surface area contributed by atoms with E-state index in [1.807, 2.05) is 13.0 Å². The third-order valence-electron chi connectivity index (χ3n) is 3.00. The van der Waals surface area contributed by atoms with E-state index in [4.69, 9.17) is 11.6 Å². The topological polar surface area (TPSA) is 12.0 Å². The molecule has 0 saturated carbocycles. The van der Waals surface area contributed by atoms with E-state index in [0.717, 1.165) is 16.5 Å². The SMILES string of the molecule is CNC(c1cccc(C(F)(F)F)c1)c1cc(C)c(Cl)s1. The van der Waals surface area contributed by atoms with E-state index in [2.05, 4.69) is 5.32 Å². The second-order valence-electron chi connectivity index (χ2n) is 4.45. The molecule has 1 aromatic heterocycles. The van der Waals surface area contributed by atoms with Gasteiger partial charge in [0.1, 0.15) is 0 Å². The van der Waals surface area contributed by atoms with Crippen molar-refractivity contribution in [1.29, 1.82) is 0 Å². The summed E-state index contributed by atoms with van der Waals surface area (Å²) in [6.45, 7) is 1.88. The molecule has 1 nitrogen and oxygen atoms in total. The number of benzene rings is 1. The van der Waals surface area contributed by atoms with Crippen LogP contribution in [0.4, 0.5) is 13.2 Å². The molecule has 0 aliphatic carbocycles. The monoisotopic (exact) mass is 319 g/mol. The van der Waals surface area contributed by atoms with Gasteiger partial charge in [0.25, 0.3) is 0 Å². The Labute approximate surface area is 124 Å². The first-order chi connectivity index (χ1) is 9.32. The number of thiophene rings is 1. The molecular weight excluding hydrogens is 307 g/mol. The van der Waals surface area contributed by atoms with Crippen LogP contribution in [0.3, 0.4) is 0 Å². The van der Waals surface area contributed by atoms with Crippen molar-refractivity contribution in [2.24, 2.45) is 0 Å². The summed E-state index contributed by atoms with van der Waals surface area (Å²) >= 11 is 7.41. The van der Waals surface area contributed by atoms with Crippen LogP contribution in [0.15, 0.2) is 30.3 Å². The molecule has 1 N–H and O–H groups in total. The van der Waals surface area contributed by atoms with Crippen molar-refractivity contribution in [2.75, 3.05) is 7.05 Å². The molecule has 0 bridgehead atoms. The van der Waals surface area contributed by atoms with Crippen molar-refractivity contribution in [2.45, 2.75) is 19.1 Å². The summed E-state index contributed by atoms with van der Waals surface area (Å²) in [6, 6.07) is 6.94. The van der Waals surface area contributed by atoms with E-state index in [1.165, 1.54) is 23.5 Å². The zero-order valence-electron chi connectivity index (χ0n) is 10.9. The van der Waals surface area contributed by atoms with E-state index >= 15 is 0 Å². The number of aryl methyl sites for hydroxylation is 1. The maximum Gasteiger partial charge on any atom is 0.416 e. The molecule has 6 heteroatoms. The number of hydrogen-bond acceptors (Lipinski definition) is 2. The molecule has 0 spiro atoms. The van der Waals surface area contributed by atoms with Gasteiger partial charge in [-0.15, -0.1) is 11.3 Å². The number of alkyl halides is 3. The zero-order chi connectivity index (χ0) is 14.9. The number of rotatable bonds is 3. The van der Waals surface area contributed by atoms with Crippen molar-refractivity contribution in [1.82, 2.24) is 5.32 Å². The molecule has 2 aromatic rings. The van der Waals surface area contributed by atoms with Gasteiger partial charge in [-0.25, -0.2) is 0 Å². The molecule has 0 radical (unpaired) electrons. The summed E-state index contributed by atoms with van der Waals surface area (Å²) in [7, 11) is 1.72. The van der Waals surface area contributed by atoms with E-state index in [1.54, 1.807) is 13.1 Å². The first-order valence-corrected chi connectivity index (χ1v) is 7.12. The molecule has 1 heterocycles. The van der Waals surface area contributed by atoms with E-state index in [9.17, 15) is 13.2 Å². The van der Waals surface area contributed by atoms with Crippen molar-refractivity contribution in [3.63, 3.8) is 0 Å². The van der Waals surface area contributed by atoms with Gasteiger partial charge in [-0.1, -0.05) is 23.7 Å². The van der Waals surface area contributed by atoms with Crippen LogP contribution in [-0.2, 0) is 6.18 Å². The Hall–Kier alpha value is -1.04. The van der Waals surface area contributed by atoms with Crippen LogP contribution >= 0.6 is 22.9 Å². The second kappa shape index (κ2) is 5.76. The first-order valence-electron chi connectivity index (χ1n) is 5.93. The van der Waals surface area contributed by atoms with Gasteiger partial charge in [-0.3, -0.25) is 0 Å². The molecule has 0 aliphatic heterocycles. The lowest BCUT2D eigenvalue weighted by Gasteiger charge is -2.17. The Kier molecular flexibility index (Phi) is 4.42. The quantitative estimate of drug-likeness (QED) is 0.836. The zero-order valence-corrected chi connectivity index (χ0v) is 12.5. The van der Waals surface area contributed by atoms with Crippen LogP contribution in [0, 0.1) is 6.92 Å². The lowest BCUT2D eigenvalue weighted by atomic mass is 10.0. The third-order valence-corrected chi connectivity index (χ3v) is 4.62. The Morgan fingerprint density at radius 1 is 1.25 bits per heavy atom. The maximum absolute atomic E-state index is 12.8. The highest BCUT2D eigenvalue weighted by molar-refractivity contribution is 7.16. The van der Waals surface area contributed by atoms with Gasteiger partial charge in [-0.2, -0.15) is 13.2 Å². The summed E-state index contributed by atoms with van der Waals surface area (Å²) in [6.07, 6.45) is -4.34. The van der Waals surface area contributed by atoms with Crippen LogP contribution in [0.5, 0.6) is 0 Å². The van der Waals surface area contributed by atoms with E-state index in [-0.39, 0.29) is 6.04 Å². The lowest BCUT2D eigenvalue weighted by Crippen LogP contribution is -2.17. The van der Waals surface area contributed by atoms with Crippen molar-refractivity contribution < 1.29 is 13.2 Å². The molecule has 1 aromatic carbocycles. The molecule has 0 fully saturated rings. The minimum absolute atomic E-state index is 0.298. The summed E-state index contributed by atoms with van der Waals surface area (Å²) < 4.78 is 39.0. The predicted molar refractivity (Wildman–Crippen MR) is 76.4 cm³/mol. The largest absolute Gasteiger partial charge is 0.416 e. The fourth-order valence-electron chi connectivity index (χ4n) is 1.99. The number of nitrogens with one attached hydrogen (secondary N) is 1. The number of hydrogen-bond donors (Lipinski definition) is 1. The van der Waals surface area contributed by atoms with Gasteiger partial charge >= 0.3 is 6.18 Å². The smallest absolute Gasteiger partial charge is 0.309 e. The molecule has 0 saturated heterocycles. The van der Waals surface area contributed by atoms with Gasteiger partial charge in [0.05, 0.1) is 15.9 Å². The minimum atomic E-state index is -4.34.